The van der Waals surface area contributed by atoms with Gasteiger partial charge in [-0.05, 0) is 24.8 Å². The lowest BCUT2D eigenvalue weighted by molar-refractivity contribution is -0.136. The van der Waals surface area contributed by atoms with Gasteiger partial charge in [0, 0.05) is 13.1 Å². The fraction of sp³-hybridized carbons (Fsp3) is 0.571. The molecule has 24 heavy (non-hydrogen) atoms. The summed E-state index contributed by atoms with van der Waals surface area (Å²) in [6.45, 7) is 2.65. The number of piperidine rings is 1. The average Bonchev–Trinajstić information content (AvgIpc) is 2.95. The molecular weight excluding hydrogens is 372 g/mol. The van der Waals surface area contributed by atoms with Gasteiger partial charge in [0.2, 0.25) is 5.91 Å². The molecule has 0 bridgehead atoms. The molecule has 3 rings (SSSR count). The van der Waals surface area contributed by atoms with Gasteiger partial charge in [-0.1, -0.05) is 6.92 Å². The molecular formula is C14H18N2O5S3. The van der Waals surface area contributed by atoms with Gasteiger partial charge in [-0.15, -0.1) is 23.1 Å². The molecule has 1 amide bonds. The van der Waals surface area contributed by atoms with Crippen molar-refractivity contribution in [1.82, 2.24) is 4.31 Å². The number of hydrogen-bond donors (Lipinski definition) is 1. The van der Waals surface area contributed by atoms with Crippen LogP contribution in [0.25, 0.3) is 0 Å². The Morgan fingerprint density at radius 3 is 2.67 bits per heavy atom. The maximum absolute atomic E-state index is 12.8. The van der Waals surface area contributed by atoms with Gasteiger partial charge in [0.25, 0.3) is 10.0 Å². The van der Waals surface area contributed by atoms with Gasteiger partial charge in [-0.2, -0.15) is 4.31 Å². The standard InChI is InChI=1S/C14H18N2O5S3/c1-9-2-4-15(5-3-9)24(20,21)13-6-10-14(23-13)22-8-11(17)16(10)7-12(18)19/h6,9H,2-5,7-8H2,1H3,(H,18,19). The van der Waals surface area contributed by atoms with Crippen LogP contribution in [0.3, 0.4) is 0 Å². The first-order chi connectivity index (χ1) is 11.3. The van der Waals surface area contributed by atoms with Gasteiger partial charge in [0.1, 0.15) is 10.8 Å². The second-order valence-corrected chi connectivity index (χ2v) is 10.4. The summed E-state index contributed by atoms with van der Waals surface area (Å²) in [4.78, 5) is 24.1. The van der Waals surface area contributed by atoms with Crippen LogP contribution in [0.1, 0.15) is 19.8 Å². The molecule has 1 aromatic heterocycles. The lowest BCUT2D eigenvalue weighted by Gasteiger charge is -2.28. The van der Waals surface area contributed by atoms with E-state index in [1.807, 2.05) is 0 Å². The van der Waals surface area contributed by atoms with E-state index in [1.54, 1.807) is 0 Å². The lowest BCUT2D eigenvalue weighted by atomic mass is 10.0. The number of carbonyl (C=O) groups is 2. The van der Waals surface area contributed by atoms with Crippen molar-refractivity contribution in [3.05, 3.63) is 6.07 Å². The summed E-state index contributed by atoms with van der Waals surface area (Å²) in [5.74, 6) is -0.792. The highest BCUT2D eigenvalue weighted by atomic mass is 32.3. The van der Waals surface area contributed by atoms with Crippen molar-refractivity contribution >= 4 is 50.7 Å². The van der Waals surface area contributed by atoms with E-state index in [0.29, 0.717) is 28.9 Å². The van der Waals surface area contributed by atoms with E-state index >= 15 is 0 Å². The third-order valence-electron chi connectivity index (χ3n) is 4.21. The molecule has 1 aromatic rings. The number of nitrogens with zero attached hydrogens (tertiary/aromatic N) is 2. The third kappa shape index (κ3) is 3.32. The van der Waals surface area contributed by atoms with Crippen molar-refractivity contribution in [2.45, 2.75) is 28.2 Å². The Labute approximate surface area is 148 Å². The number of fused-ring (bicyclic) bond motifs is 1. The molecule has 0 saturated carbocycles. The van der Waals surface area contributed by atoms with E-state index in [-0.39, 0.29) is 15.9 Å². The van der Waals surface area contributed by atoms with E-state index in [4.69, 9.17) is 5.11 Å². The van der Waals surface area contributed by atoms with Crippen LogP contribution in [-0.4, -0.2) is 55.1 Å². The molecule has 0 atom stereocenters. The van der Waals surface area contributed by atoms with Gasteiger partial charge >= 0.3 is 5.97 Å². The van der Waals surface area contributed by atoms with E-state index < -0.39 is 22.5 Å². The van der Waals surface area contributed by atoms with Crippen LogP contribution in [0.2, 0.25) is 0 Å². The molecule has 0 aliphatic carbocycles. The molecule has 1 fully saturated rings. The SMILES string of the molecule is CC1CCN(S(=O)(=O)c2cc3c(s2)SCC(=O)N3CC(=O)O)CC1. The topological polar surface area (TPSA) is 95.0 Å². The predicted molar refractivity (Wildman–Crippen MR) is 92.2 cm³/mol. The Hall–Kier alpha value is -1.10. The predicted octanol–water partition coefficient (Wildman–Crippen LogP) is 1.69. The molecule has 3 heterocycles. The number of thiophene rings is 1. The van der Waals surface area contributed by atoms with Crippen LogP contribution < -0.4 is 4.90 Å². The molecule has 10 heteroatoms. The summed E-state index contributed by atoms with van der Waals surface area (Å²) >= 11 is 2.38. The van der Waals surface area contributed by atoms with Gasteiger partial charge in [-0.3, -0.25) is 14.5 Å². The van der Waals surface area contributed by atoms with Crippen molar-refractivity contribution in [3.63, 3.8) is 0 Å². The number of amides is 1. The van der Waals surface area contributed by atoms with Crippen molar-refractivity contribution in [1.29, 1.82) is 0 Å². The Balaban J connectivity index is 1.91. The third-order valence-corrected chi connectivity index (χ3v) is 8.94. The van der Waals surface area contributed by atoms with Gasteiger partial charge in [-0.25, -0.2) is 8.42 Å². The number of carboxylic acids is 1. The largest absolute Gasteiger partial charge is 0.480 e. The smallest absolute Gasteiger partial charge is 0.323 e. The first-order valence-corrected chi connectivity index (χ1v) is 10.8. The first-order valence-electron chi connectivity index (χ1n) is 7.58. The van der Waals surface area contributed by atoms with Crippen LogP contribution in [0.5, 0.6) is 0 Å². The molecule has 0 unspecified atom stereocenters. The first kappa shape index (κ1) is 17.7. The highest BCUT2D eigenvalue weighted by Gasteiger charge is 2.34. The number of aliphatic carboxylic acids is 1. The molecule has 0 aromatic carbocycles. The zero-order valence-corrected chi connectivity index (χ0v) is 15.5. The van der Waals surface area contributed by atoms with Crippen LogP contribution in [-0.2, 0) is 19.6 Å². The fourth-order valence-corrected chi connectivity index (χ4v) is 7.15. The quantitative estimate of drug-likeness (QED) is 0.841. The van der Waals surface area contributed by atoms with Gasteiger partial charge < -0.3 is 5.11 Å². The summed E-state index contributed by atoms with van der Waals surface area (Å²) in [5.41, 5.74) is 0.396. The maximum Gasteiger partial charge on any atom is 0.323 e. The van der Waals surface area contributed by atoms with Crippen LogP contribution in [0.15, 0.2) is 14.5 Å². The highest BCUT2D eigenvalue weighted by molar-refractivity contribution is 8.02. The second-order valence-electron chi connectivity index (χ2n) is 5.99. The van der Waals surface area contributed by atoms with Crippen LogP contribution in [0, 0.1) is 5.92 Å². The fourth-order valence-electron chi connectivity index (χ4n) is 2.76. The molecule has 1 saturated heterocycles. The lowest BCUT2D eigenvalue weighted by Crippen LogP contribution is -2.39. The van der Waals surface area contributed by atoms with Crippen LogP contribution in [0.4, 0.5) is 5.69 Å². The minimum atomic E-state index is -3.60. The van der Waals surface area contributed by atoms with Gasteiger partial charge in [0.05, 0.1) is 15.6 Å². The summed E-state index contributed by atoms with van der Waals surface area (Å²) < 4.78 is 28.0. The van der Waals surface area contributed by atoms with E-state index in [2.05, 4.69) is 6.92 Å². The summed E-state index contributed by atoms with van der Waals surface area (Å²) in [6.07, 6.45) is 1.67. The monoisotopic (exact) mass is 390 g/mol. The van der Waals surface area contributed by atoms with Crippen molar-refractivity contribution < 1.29 is 23.1 Å². The summed E-state index contributed by atoms with van der Waals surface area (Å²) in [7, 11) is -3.60. The van der Waals surface area contributed by atoms with Crippen LogP contribution >= 0.6 is 23.1 Å². The summed E-state index contributed by atoms with van der Waals surface area (Å²) in [6, 6.07) is 1.44. The molecule has 2 aliphatic heterocycles. The zero-order chi connectivity index (χ0) is 17.5. The van der Waals surface area contributed by atoms with Crippen molar-refractivity contribution in [3.8, 4) is 0 Å². The molecule has 0 spiro atoms. The Kier molecular flexibility index (Phi) is 4.92. The van der Waals surface area contributed by atoms with Gasteiger partial charge in [0.15, 0.2) is 0 Å². The Morgan fingerprint density at radius 1 is 1.38 bits per heavy atom. The molecule has 0 radical (unpaired) electrons. The number of anilines is 1. The minimum absolute atomic E-state index is 0.126. The normalized spacial score (nSPS) is 20.2. The van der Waals surface area contributed by atoms with Crippen molar-refractivity contribution in [2.75, 3.05) is 30.3 Å². The maximum atomic E-state index is 12.8. The number of sulfonamides is 1. The van der Waals surface area contributed by atoms with E-state index in [1.165, 1.54) is 22.1 Å². The minimum Gasteiger partial charge on any atom is -0.480 e. The zero-order valence-electron chi connectivity index (χ0n) is 13.1. The number of rotatable bonds is 4. The van der Waals surface area contributed by atoms with E-state index in [0.717, 1.165) is 29.1 Å². The number of hydrogen-bond acceptors (Lipinski definition) is 6. The molecule has 2 aliphatic rings. The average molecular weight is 391 g/mol. The molecule has 1 N–H and O–H groups in total. The number of thioether (sulfide) groups is 1. The number of carbonyl (C=O) groups excluding carboxylic acids is 1. The van der Waals surface area contributed by atoms with E-state index in [9.17, 15) is 18.0 Å². The summed E-state index contributed by atoms with van der Waals surface area (Å²) in [5, 5.41) is 8.98. The highest BCUT2D eigenvalue weighted by Crippen LogP contribution is 2.44. The molecule has 132 valence electrons. The Morgan fingerprint density at radius 2 is 2.04 bits per heavy atom. The molecule has 7 nitrogen and oxygen atoms in total. The Bertz CT molecular complexity index is 765. The van der Waals surface area contributed by atoms with Crippen molar-refractivity contribution in [2.24, 2.45) is 5.92 Å². The number of carboxylic acid groups (broad SMARTS) is 1. The second kappa shape index (κ2) is 6.66.